The minimum absolute atomic E-state index is 0.491. The summed E-state index contributed by atoms with van der Waals surface area (Å²) in [5.41, 5.74) is 3.65. The number of benzene rings is 1. The van der Waals surface area contributed by atoms with Crippen molar-refractivity contribution in [2.24, 2.45) is 0 Å². The molecule has 158 valence electrons. The Labute approximate surface area is 178 Å². The van der Waals surface area contributed by atoms with E-state index in [1.807, 2.05) is 6.20 Å². The Balaban J connectivity index is 1.36. The van der Waals surface area contributed by atoms with Crippen LogP contribution in [-0.2, 0) is 6.54 Å². The van der Waals surface area contributed by atoms with Crippen LogP contribution < -0.4 is 10.2 Å². The molecule has 6 nitrogen and oxygen atoms in total. The van der Waals surface area contributed by atoms with Crippen molar-refractivity contribution in [3.05, 3.63) is 59.9 Å². The van der Waals surface area contributed by atoms with Gasteiger partial charge < -0.3 is 10.2 Å². The normalized spacial score (nSPS) is 21.2. The Bertz CT molecular complexity index is 962. The Morgan fingerprint density at radius 2 is 1.93 bits per heavy atom. The first kappa shape index (κ1) is 19.5. The molecular formula is C24H32N6. The summed E-state index contributed by atoms with van der Waals surface area (Å²) >= 11 is 0. The van der Waals surface area contributed by atoms with Crippen molar-refractivity contribution in [1.82, 2.24) is 24.8 Å². The molecule has 0 amide bonds. The van der Waals surface area contributed by atoms with Crippen LogP contribution >= 0.6 is 0 Å². The fourth-order valence-electron chi connectivity index (χ4n) is 5.05. The number of anilines is 1. The SMILES string of the molecule is CN(c1cc2nccc(C3CCCN(Cc4ccccc4)C3)n2n1)C1CCNCC1. The molecule has 0 spiro atoms. The number of rotatable bonds is 5. The first-order valence-corrected chi connectivity index (χ1v) is 11.3. The zero-order chi connectivity index (χ0) is 20.3. The van der Waals surface area contributed by atoms with Crippen LogP contribution in [0.3, 0.4) is 0 Å². The van der Waals surface area contributed by atoms with Crippen molar-refractivity contribution in [2.75, 3.05) is 38.1 Å². The maximum absolute atomic E-state index is 5.01. The Morgan fingerprint density at radius 3 is 2.77 bits per heavy atom. The summed E-state index contributed by atoms with van der Waals surface area (Å²) < 4.78 is 2.10. The van der Waals surface area contributed by atoms with Crippen LogP contribution in [0.4, 0.5) is 5.82 Å². The molecule has 0 radical (unpaired) electrons. The standard InChI is InChI=1S/C24H32N6/c1-28(21-9-12-25-13-10-21)24-16-23-26-14-11-22(30(23)27-24)20-8-5-15-29(18-20)17-19-6-3-2-4-7-19/h2-4,6-7,11,14,16,20-21,25H,5,8-10,12-13,15,17-18H2,1H3. The molecule has 2 aromatic heterocycles. The molecule has 2 aliphatic heterocycles. The molecule has 1 aromatic carbocycles. The Hall–Kier alpha value is -2.44. The number of hydrogen-bond donors (Lipinski definition) is 1. The molecule has 1 atom stereocenters. The lowest BCUT2D eigenvalue weighted by Crippen LogP contribution is -2.41. The summed E-state index contributed by atoms with van der Waals surface area (Å²) in [6.07, 6.45) is 6.73. The van der Waals surface area contributed by atoms with Crippen LogP contribution in [0.25, 0.3) is 5.65 Å². The van der Waals surface area contributed by atoms with E-state index in [-0.39, 0.29) is 0 Å². The van der Waals surface area contributed by atoms with Crippen LogP contribution in [0.2, 0.25) is 0 Å². The maximum atomic E-state index is 5.01. The number of fused-ring (bicyclic) bond motifs is 1. The average molecular weight is 405 g/mol. The van der Waals surface area contributed by atoms with Gasteiger partial charge in [-0.1, -0.05) is 30.3 Å². The molecule has 0 aliphatic carbocycles. The van der Waals surface area contributed by atoms with Crippen molar-refractivity contribution in [3.63, 3.8) is 0 Å². The van der Waals surface area contributed by atoms with E-state index < -0.39 is 0 Å². The maximum Gasteiger partial charge on any atom is 0.157 e. The predicted octanol–water partition coefficient (Wildman–Crippen LogP) is 3.30. The fourth-order valence-corrected chi connectivity index (χ4v) is 5.05. The second kappa shape index (κ2) is 8.74. The highest BCUT2D eigenvalue weighted by Gasteiger charge is 2.25. The number of piperidine rings is 2. The zero-order valence-corrected chi connectivity index (χ0v) is 17.9. The van der Waals surface area contributed by atoms with E-state index in [1.165, 1.54) is 43.5 Å². The third-order valence-electron chi connectivity index (χ3n) is 6.76. The molecule has 5 rings (SSSR count). The van der Waals surface area contributed by atoms with E-state index in [0.29, 0.717) is 12.0 Å². The highest BCUT2D eigenvalue weighted by Crippen LogP contribution is 2.29. The van der Waals surface area contributed by atoms with Gasteiger partial charge in [-0.05, 0) is 56.9 Å². The minimum Gasteiger partial charge on any atom is -0.355 e. The van der Waals surface area contributed by atoms with Crippen LogP contribution in [0.15, 0.2) is 48.7 Å². The third kappa shape index (κ3) is 4.07. The Morgan fingerprint density at radius 1 is 1.10 bits per heavy atom. The van der Waals surface area contributed by atoms with Gasteiger partial charge in [-0.15, -0.1) is 5.10 Å². The van der Waals surface area contributed by atoms with E-state index in [4.69, 9.17) is 5.10 Å². The largest absolute Gasteiger partial charge is 0.355 e. The molecule has 3 aromatic rings. The third-order valence-corrected chi connectivity index (χ3v) is 6.76. The van der Waals surface area contributed by atoms with Gasteiger partial charge in [-0.2, -0.15) is 0 Å². The first-order valence-electron chi connectivity index (χ1n) is 11.3. The van der Waals surface area contributed by atoms with Gasteiger partial charge in [0.1, 0.15) is 0 Å². The molecule has 2 saturated heterocycles. The summed E-state index contributed by atoms with van der Waals surface area (Å²) in [6, 6.07) is 15.7. The summed E-state index contributed by atoms with van der Waals surface area (Å²) in [6.45, 7) is 5.44. The van der Waals surface area contributed by atoms with Gasteiger partial charge >= 0.3 is 0 Å². The molecule has 1 unspecified atom stereocenters. The van der Waals surface area contributed by atoms with Crippen LogP contribution in [-0.4, -0.2) is 58.8 Å². The minimum atomic E-state index is 0.491. The lowest BCUT2D eigenvalue weighted by atomic mass is 9.94. The molecule has 0 saturated carbocycles. The number of likely N-dealkylation sites (tertiary alicyclic amines) is 1. The lowest BCUT2D eigenvalue weighted by molar-refractivity contribution is 0.197. The number of nitrogens with one attached hydrogen (secondary N) is 1. The van der Waals surface area contributed by atoms with Crippen LogP contribution in [0.5, 0.6) is 0 Å². The van der Waals surface area contributed by atoms with Crippen LogP contribution in [0, 0.1) is 0 Å². The van der Waals surface area contributed by atoms with Gasteiger partial charge in [-0.3, -0.25) is 4.90 Å². The second-order valence-corrected chi connectivity index (χ2v) is 8.79. The smallest absolute Gasteiger partial charge is 0.157 e. The summed E-state index contributed by atoms with van der Waals surface area (Å²) in [5, 5.41) is 8.47. The van der Waals surface area contributed by atoms with Gasteiger partial charge in [-0.25, -0.2) is 9.50 Å². The van der Waals surface area contributed by atoms with Crippen LogP contribution in [0.1, 0.15) is 42.9 Å². The van der Waals surface area contributed by atoms with Crippen molar-refractivity contribution in [2.45, 2.75) is 44.2 Å². The van der Waals surface area contributed by atoms with Gasteiger partial charge in [0.2, 0.25) is 0 Å². The van der Waals surface area contributed by atoms with E-state index in [9.17, 15) is 0 Å². The second-order valence-electron chi connectivity index (χ2n) is 8.79. The van der Waals surface area contributed by atoms with Gasteiger partial charge in [0.05, 0.1) is 5.69 Å². The van der Waals surface area contributed by atoms with E-state index in [2.05, 4.69) is 74.1 Å². The van der Waals surface area contributed by atoms with Crippen molar-refractivity contribution < 1.29 is 0 Å². The molecular weight excluding hydrogens is 372 g/mol. The first-order chi connectivity index (χ1) is 14.8. The van der Waals surface area contributed by atoms with E-state index in [1.54, 1.807) is 0 Å². The van der Waals surface area contributed by atoms with Crippen molar-refractivity contribution in [3.8, 4) is 0 Å². The molecule has 2 aliphatic rings. The number of nitrogens with zero attached hydrogens (tertiary/aromatic N) is 5. The Kier molecular flexibility index (Phi) is 5.69. The van der Waals surface area contributed by atoms with Gasteiger partial charge in [0.15, 0.2) is 11.5 Å². The fraction of sp³-hybridized carbons (Fsp3) is 0.500. The monoisotopic (exact) mass is 404 g/mol. The molecule has 2 fully saturated rings. The zero-order valence-electron chi connectivity index (χ0n) is 17.9. The van der Waals surface area contributed by atoms with Crippen molar-refractivity contribution in [1.29, 1.82) is 0 Å². The topological polar surface area (TPSA) is 48.7 Å². The summed E-state index contributed by atoms with van der Waals surface area (Å²) in [5.74, 6) is 1.53. The van der Waals surface area contributed by atoms with Gasteiger partial charge in [0, 0.05) is 44.4 Å². The lowest BCUT2D eigenvalue weighted by Gasteiger charge is -2.33. The molecule has 4 heterocycles. The number of hydrogen-bond acceptors (Lipinski definition) is 5. The predicted molar refractivity (Wildman–Crippen MR) is 121 cm³/mol. The van der Waals surface area contributed by atoms with Crippen molar-refractivity contribution >= 4 is 11.5 Å². The number of aromatic nitrogens is 3. The molecule has 30 heavy (non-hydrogen) atoms. The summed E-state index contributed by atoms with van der Waals surface area (Å²) in [4.78, 5) is 9.55. The van der Waals surface area contributed by atoms with E-state index in [0.717, 1.165) is 37.6 Å². The highest BCUT2D eigenvalue weighted by molar-refractivity contribution is 5.53. The molecule has 6 heteroatoms. The average Bonchev–Trinajstić information content (AvgIpc) is 3.24. The quantitative estimate of drug-likeness (QED) is 0.707. The van der Waals surface area contributed by atoms with E-state index >= 15 is 0 Å². The molecule has 1 N–H and O–H groups in total. The molecule has 0 bridgehead atoms. The van der Waals surface area contributed by atoms with Gasteiger partial charge in [0.25, 0.3) is 0 Å². The summed E-state index contributed by atoms with van der Waals surface area (Å²) in [7, 11) is 2.18. The highest BCUT2D eigenvalue weighted by atomic mass is 15.3.